The van der Waals surface area contributed by atoms with Gasteiger partial charge in [-0.25, -0.2) is 14.2 Å². The third kappa shape index (κ3) is 5.51. The van der Waals surface area contributed by atoms with Crippen molar-refractivity contribution in [2.45, 2.75) is 76.1 Å². The van der Waals surface area contributed by atoms with Crippen molar-refractivity contribution in [1.82, 2.24) is 19.1 Å². The fourth-order valence-electron chi connectivity index (χ4n) is 4.90. The molecule has 3 aliphatic heterocycles. The zero-order chi connectivity index (χ0) is 28.1. The number of H-pyrrole nitrogens is 2. The molecular weight excluding hydrogens is 543 g/mol. The van der Waals surface area contributed by atoms with E-state index in [0.717, 1.165) is 9.13 Å². The summed E-state index contributed by atoms with van der Waals surface area (Å²) < 4.78 is 44.1. The van der Waals surface area contributed by atoms with Crippen LogP contribution in [-0.4, -0.2) is 73.0 Å². The number of ether oxygens (including phenoxy) is 2. The van der Waals surface area contributed by atoms with Gasteiger partial charge in [-0.2, -0.15) is 0 Å². The maximum atomic E-state index is 13.5. The van der Waals surface area contributed by atoms with Crippen LogP contribution in [0, 0.1) is 13.8 Å². The molecule has 0 amide bonds. The minimum absolute atomic E-state index is 0.0139. The minimum Gasteiger partial charge on any atom is -0.394 e. The first kappa shape index (κ1) is 27.9. The highest BCUT2D eigenvalue weighted by molar-refractivity contribution is 7.48. The third-order valence-electron chi connectivity index (χ3n) is 6.96. The van der Waals surface area contributed by atoms with Crippen LogP contribution in [0.15, 0.2) is 31.6 Å². The molecule has 16 nitrogen and oxygen atoms in total. The maximum absolute atomic E-state index is 13.5. The molecular formula is C22H29N4O12P. The molecule has 2 aromatic rings. The van der Waals surface area contributed by atoms with Crippen LogP contribution >= 0.6 is 7.82 Å². The van der Waals surface area contributed by atoms with Crippen LogP contribution in [0.2, 0.25) is 0 Å². The lowest BCUT2D eigenvalue weighted by Crippen LogP contribution is -2.40. The Morgan fingerprint density at radius 3 is 2.18 bits per heavy atom. The second-order valence-electron chi connectivity index (χ2n) is 9.72. The van der Waals surface area contributed by atoms with E-state index in [1.807, 2.05) is 0 Å². The van der Waals surface area contributed by atoms with Gasteiger partial charge in [-0.1, -0.05) is 0 Å². The van der Waals surface area contributed by atoms with Gasteiger partial charge in [0.15, 0.2) is 0 Å². The number of aryl methyl sites for hydroxylation is 2. The van der Waals surface area contributed by atoms with Crippen molar-refractivity contribution in [3.05, 3.63) is 65.2 Å². The van der Waals surface area contributed by atoms with Crippen molar-refractivity contribution in [1.29, 1.82) is 0 Å². The van der Waals surface area contributed by atoms with Gasteiger partial charge < -0.3 is 19.7 Å². The summed E-state index contributed by atoms with van der Waals surface area (Å²) in [5, 5.41) is 20.5. The topological polar surface area (TPSA) is 213 Å². The number of aliphatic hydroxyl groups excluding tert-OH is 2. The number of aromatic nitrogens is 4. The van der Waals surface area contributed by atoms with Gasteiger partial charge in [-0.15, -0.1) is 0 Å². The second-order valence-corrected chi connectivity index (χ2v) is 11.3. The Hall–Kier alpha value is -2.69. The lowest BCUT2D eigenvalue weighted by molar-refractivity contribution is -0.107. The molecule has 5 heterocycles. The average molecular weight is 572 g/mol. The number of hydrogen-bond acceptors (Lipinski definition) is 12. The van der Waals surface area contributed by atoms with E-state index < -0.39 is 79.9 Å². The molecule has 214 valence electrons. The Labute approximate surface area is 219 Å². The Balaban J connectivity index is 1.29. The second kappa shape index (κ2) is 10.7. The van der Waals surface area contributed by atoms with Crippen LogP contribution < -0.4 is 22.5 Å². The van der Waals surface area contributed by atoms with Gasteiger partial charge in [-0.05, 0) is 13.8 Å². The van der Waals surface area contributed by atoms with E-state index in [1.165, 1.54) is 26.2 Å². The lowest BCUT2D eigenvalue weighted by Gasteiger charge is -2.34. The van der Waals surface area contributed by atoms with E-state index in [9.17, 15) is 34.0 Å². The van der Waals surface area contributed by atoms with Crippen molar-refractivity contribution in [3.63, 3.8) is 0 Å². The monoisotopic (exact) mass is 572 g/mol. The molecule has 2 aromatic heterocycles. The van der Waals surface area contributed by atoms with Gasteiger partial charge in [0.1, 0.15) is 36.9 Å². The molecule has 17 heteroatoms. The van der Waals surface area contributed by atoms with Crippen LogP contribution in [0.1, 0.15) is 42.8 Å². The fourth-order valence-corrected chi connectivity index (χ4v) is 6.51. The molecule has 0 aromatic carbocycles. The number of aromatic amines is 2. The fraction of sp³-hybridized carbons (Fsp3) is 0.636. The third-order valence-corrected chi connectivity index (χ3v) is 8.51. The molecule has 0 radical (unpaired) electrons. The van der Waals surface area contributed by atoms with Crippen molar-refractivity contribution in [2.75, 3.05) is 13.2 Å². The summed E-state index contributed by atoms with van der Waals surface area (Å²) in [5.41, 5.74) is -1.94. The van der Waals surface area contributed by atoms with E-state index in [1.54, 1.807) is 0 Å². The Kier molecular flexibility index (Phi) is 7.65. The molecule has 3 fully saturated rings. The van der Waals surface area contributed by atoms with Crippen molar-refractivity contribution >= 4 is 7.82 Å². The van der Waals surface area contributed by atoms with E-state index >= 15 is 0 Å². The minimum atomic E-state index is -4.25. The van der Waals surface area contributed by atoms with Crippen LogP contribution in [-0.2, 0) is 27.6 Å². The van der Waals surface area contributed by atoms with Crippen LogP contribution in [0.4, 0.5) is 0 Å². The lowest BCUT2D eigenvalue weighted by atomic mass is 10.1. The first-order valence-electron chi connectivity index (χ1n) is 12.3. The predicted molar refractivity (Wildman–Crippen MR) is 130 cm³/mol. The summed E-state index contributed by atoms with van der Waals surface area (Å²) in [7, 11) is -4.25. The molecule has 0 saturated carbocycles. The number of hydrogen-bond donors (Lipinski definition) is 4. The highest BCUT2D eigenvalue weighted by atomic mass is 31.2. The summed E-state index contributed by atoms with van der Waals surface area (Å²) >= 11 is 0. The van der Waals surface area contributed by atoms with Gasteiger partial charge in [-0.3, -0.25) is 42.3 Å². The smallest absolute Gasteiger partial charge is 0.394 e. The molecule has 4 N–H and O–H groups in total. The van der Waals surface area contributed by atoms with Crippen LogP contribution in [0.25, 0.3) is 0 Å². The quantitative estimate of drug-likeness (QED) is 0.305. The number of aliphatic hydroxyl groups is 2. The number of phosphoric acid groups is 1. The summed E-state index contributed by atoms with van der Waals surface area (Å²) in [6.07, 6.45) is -3.99. The number of rotatable bonds is 6. The van der Waals surface area contributed by atoms with Gasteiger partial charge in [0.25, 0.3) is 11.1 Å². The van der Waals surface area contributed by atoms with Gasteiger partial charge in [0.2, 0.25) is 0 Å². The van der Waals surface area contributed by atoms with E-state index in [4.69, 9.17) is 23.0 Å². The molecule has 0 spiro atoms. The summed E-state index contributed by atoms with van der Waals surface area (Å²) in [6.45, 7) is 2.46. The molecule has 0 bridgehead atoms. The summed E-state index contributed by atoms with van der Waals surface area (Å²) in [6, 6.07) is 0. The van der Waals surface area contributed by atoms with Gasteiger partial charge in [0.05, 0.1) is 19.3 Å². The standard InChI is InChI=1S/C22H29N4O12P/c1-10-7-25(21(31)23-19(10)29)16-5-12(28)18(36-16)13-3-4-34-39(33,37-13)38-14-6-17(35-15(14)9-27)26-8-11(2)20(30)24-22(26)32/h7-8,12-18,27-28H,3-6,9H2,1-2H3,(H,23,29,31)(H,24,30,32)/t12-,13-,14-,15+,16+,17+,18-,39?/m0/s1. The number of nitrogens with one attached hydrogen (secondary N) is 2. The highest BCUT2D eigenvalue weighted by Crippen LogP contribution is 2.57. The van der Waals surface area contributed by atoms with Crippen LogP contribution in [0.5, 0.6) is 0 Å². The summed E-state index contributed by atoms with van der Waals surface area (Å²) in [4.78, 5) is 52.3. The molecule has 39 heavy (non-hydrogen) atoms. The van der Waals surface area contributed by atoms with E-state index in [-0.39, 0.29) is 37.0 Å². The number of phosphoric ester groups is 1. The van der Waals surface area contributed by atoms with Crippen molar-refractivity contribution < 1.29 is 37.8 Å². The zero-order valence-electron chi connectivity index (χ0n) is 21.1. The van der Waals surface area contributed by atoms with Crippen molar-refractivity contribution in [2.24, 2.45) is 0 Å². The maximum Gasteiger partial charge on any atom is 0.475 e. The normalized spacial score (nSPS) is 34.9. The van der Waals surface area contributed by atoms with Gasteiger partial charge in [0, 0.05) is 42.8 Å². The highest BCUT2D eigenvalue weighted by Gasteiger charge is 2.49. The largest absolute Gasteiger partial charge is 0.475 e. The Morgan fingerprint density at radius 2 is 1.59 bits per heavy atom. The Bertz CT molecular complexity index is 1510. The van der Waals surface area contributed by atoms with E-state index in [2.05, 4.69) is 9.97 Å². The summed E-state index contributed by atoms with van der Waals surface area (Å²) in [5.74, 6) is 0. The number of nitrogens with zero attached hydrogens (tertiary/aromatic N) is 2. The van der Waals surface area contributed by atoms with Crippen molar-refractivity contribution in [3.8, 4) is 0 Å². The van der Waals surface area contributed by atoms with Gasteiger partial charge >= 0.3 is 19.2 Å². The predicted octanol–water partition coefficient (Wildman–Crippen LogP) is -1.07. The molecule has 3 saturated heterocycles. The molecule has 0 aliphatic carbocycles. The molecule has 5 rings (SSSR count). The SMILES string of the molecule is Cc1cn([C@H]2C[C@H](O)[C@@H]([C@@H]3CCOP(=O)(O[C@H]4C[C@H](n5cc(C)c(=O)[nH]c5=O)O[C@@H]4CO)O3)O2)c(=O)[nH]c1=O. The van der Waals surface area contributed by atoms with Crippen LogP contribution in [0.3, 0.4) is 0 Å². The van der Waals surface area contributed by atoms with E-state index in [0.29, 0.717) is 0 Å². The Morgan fingerprint density at radius 1 is 1.00 bits per heavy atom. The zero-order valence-corrected chi connectivity index (χ0v) is 21.9. The average Bonchev–Trinajstić information content (AvgIpc) is 3.46. The molecule has 3 aliphatic rings. The first-order chi connectivity index (χ1) is 18.5. The molecule has 8 atom stereocenters. The molecule has 1 unspecified atom stereocenters. The first-order valence-corrected chi connectivity index (χ1v) is 13.8.